The number of aromatic nitrogens is 3. The molecule has 0 amide bonds. The molecule has 1 aromatic heterocycles. The van der Waals surface area contributed by atoms with Crippen molar-refractivity contribution in [2.75, 3.05) is 6.54 Å². The van der Waals surface area contributed by atoms with E-state index in [2.05, 4.69) is 27.2 Å². The molecule has 2 aromatic rings. The molecule has 5 nitrogen and oxygen atoms in total. The first-order valence-electron chi connectivity index (χ1n) is 6.91. The SMILES string of the molecule is CCC1NCCn2c(-c3ccccc3OC(F)F)nnc21. The molecule has 1 atom stereocenters. The molecule has 21 heavy (non-hydrogen) atoms. The molecule has 1 unspecified atom stereocenters. The molecule has 7 heteroatoms. The highest BCUT2D eigenvalue weighted by Gasteiger charge is 2.25. The average molecular weight is 294 g/mol. The van der Waals surface area contributed by atoms with Crippen molar-refractivity contribution in [1.29, 1.82) is 0 Å². The lowest BCUT2D eigenvalue weighted by Gasteiger charge is -2.24. The van der Waals surface area contributed by atoms with Gasteiger partial charge >= 0.3 is 6.61 Å². The summed E-state index contributed by atoms with van der Waals surface area (Å²) in [5, 5.41) is 11.8. The van der Waals surface area contributed by atoms with Crippen LogP contribution in [0.15, 0.2) is 24.3 Å². The summed E-state index contributed by atoms with van der Waals surface area (Å²) in [7, 11) is 0. The van der Waals surface area contributed by atoms with Crippen molar-refractivity contribution < 1.29 is 13.5 Å². The van der Waals surface area contributed by atoms with Crippen molar-refractivity contribution in [2.45, 2.75) is 32.5 Å². The second kappa shape index (κ2) is 5.77. The third-order valence-electron chi connectivity index (χ3n) is 3.57. The zero-order valence-corrected chi connectivity index (χ0v) is 11.6. The van der Waals surface area contributed by atoms with E-state index in [-0.39, 0.29) is 11.8 Å². The van der Waals surface area contributed by atoms with Crippen LogP contribution in [0.5, 0.6) is 5.75 Å². The predicted molar refractivity (Wildman–Crippen MR) is 73.1 cm³/mol. The third kappa shape index (κ3) is 2.61. The molecule has 0 bridgehead atoms. The maximum Gasteiger partial charge on any atom is 0.387 e. The Kier molecular flexibility index (Phi) is 3.83. The number of nitrogens with one attached hydrogen (secondary N) is 1. The van der Waals surface area contributed by atoms with E-state index >= 15 is 0 Å². The molecule has 0 radical (unpaired) electrons. The van der Waals surface area contributed by atoms with Gasteiger partial charge in [-0.1, -0.05) is 19.1 Å². The van der Waals surface area contributed by atoms with Crippen LogP contribution in [0.3, 0.4) is 0 Å². The van der Waals surface area contributed by atoms with Crippen LogP contribution in [0, 0.1) is 0 Å². The fourth-order valence-electron chi connectivity index (χ4n) is 2.61. The number of rotatable bonds is 4. The Morgan fingerprint density at radius 3 is 2.95 bits per heavy atom. The van der Waals surface area contributed by atoms with Crippen molar-refractivity contribution >= 4 is 0 Å². The largest absolute Gasteiger partial charge is 0.434 e. The zero-order valence-electron chi connectivity index (χ0n) is 11.6. The lowest BCUT2D eigenvalue weighted by atomic mass is 10.1. The van der Waals surface area contributed by atoms with Gasteiger partial charge in [0.1, 0.15) is 5.75 Å². The molecule has 1 aromatic carbocycles. The lowest BCUT2D eigenvalue weighted by molar-refractivity contribution is -0.0494. The van der Waals surface area contributed by atoms with Gasteiger partial charge in [0, 0.05) is 13.1 Å². The summed E-state index contributed by atoms with van der Waals surface area (Å²) >= 11 is 0. The van der Waals surface area contributed by atoms with Crippen molar-refractivity contribution in [2.24, 2.45) is 0 Å². The minimum atomic E-state index is -2.86. The fraction of sp³-hybridized carbons (Fsp3) is 0.429. The van der Waals surface area contributed by atoms with Crippen molar-refractivity contribution in [3.8, 4) is 17.1 Å². The van der Waals surface area contributed by atoms with Gasteiger partial charge in [0.05, 0.1) is 11.6 Å². The molecule has 2 heterocycles. The van der Waals surface area contributed by atoms with Gasteiger partial charge in [-0.15, -0.1) is 10.2 Å². The summed E-state index contributed by atoms with van der Waals surface area (Å²) in [4.78, 5) is 0. The van der Waals surface area contributed by atoms with Gasteiger partial charge in [-0.3, -0.25) is 0 Å². The summed E-state index contributed by atoms with van der Waals surface area (Å²) in [6, 6.07) is 6.81. The van der Waals surface area contributed by atoms with E-state index in [1.54, 1.807) is 18.2 Å². The highest BCUT2D eigenvalue weighted by molar-refractivity contribution is 5.64. The van der Waals surface area contributed by atoms with E-state index in [9.17, 15) is 8.78 Å². The molecule has 1 aliphatic rings. The molecule has 0 saturated heterocycles. The molecular formula is C14H16F2N4O. The maximum atomic E-state index is 12.5. The smallest absolute Gasteiger partial charge is 0.387 e. The van der Waals surface area contributed by atoms with Crippen LogP contribution in [-0.4, -0.2) is 27.9 Å². The number of ether oxygens (including phenoxy) is 1. The summed E-state index contributed by atoms with van der Waals surface area (Å²) in [6.07, 6.45) is 0.896. The van der Waals surface area contributed by atoms with Gasteiger partial charge < -0.3 is 14.6 Å². The summed E-state index contributed by atoms with van der Waals surface area (Å²) in [5.74, 6) is 1.53. The van der Waals surface area contributed by atoms with Crippen LogP contribution >= 0.6 is 0 Å². The van der Waals surface area contributed by atoms with Crippen LogP contribution < -0.4 is 10.1 Å². The molecule has 112 valence electrons. The lowest BCUT2D eigenvalue weighted by Crippen LogP contribution is -2.33. The van der Waals surface area contributed by atoms with E-state index in [1.807, 2.05) is 4.57 Å². The second-order valence-corrected chi connectivity index (χ2v) is 4.82. The number of hydrogen-bond acceptors (Lipinski definition) is 4. The van der Waals surface area contributed by atoms with Crippen LogP contribution in [-0.2, 0) is 6.54 Å². The Morgan fingerprint density at radius 1 is 1.38 bits per heavy atom. The van der Waals surface area contributed by atoms with Crippen LogP contribution in [0.4, 0.5) is 8.78 Å². The minimum absolute atomic E-state index is 0.120. The molecule has 3 rings (SSSR count). The van der Waals surface area contributed by atoms with Crippen molar-refractivity contribution in [1.82, 2.24) is 20.1 Å². The number of fused-ring (bicyclic) bond motifs is 1. The van der Waals surface area contributed by atoms with Gasteiger partial charge in [-0.2, -0.15) is 8.78 Å². The van der Waals surface area contributed by atoms with Gasteiger partial charge in [0.15, 0.2) is 11.6 Å². The normalized spacial score (nSPS) is 17.8. The Bertz CT molecular complexity index is 629. The van der Waals surface area contributed by atoms with Crippen molar-refractivity contribution in [3.63, 3.8) is 0 Å². The first-order chi connectivity index (χ1) is 10.2. The summed E-state index contributed by atoms with van der Waals surface area (Å²) in [6.45, 7) is 0.709. The van der Waals surface area contributed by atoms with Gasteiger partial charge in [-0.25, -0.2) is 0 Å². The third-order valence-corrected chi connectivity index (χ3v) is 3.57. The van der Waals surface area contributed by atoms with E-state index in [1.165, 1.54) is 6.07 Å². The van der Waals surface area contributed by atoms with Crippen LogP contribution in [0.1, 0.15) is 25.2 Å². The number of halogens is 2. The highest BCUT2D eigenvalue weighted by atomic mass is 19.3. The average Bonchev–Trinajstić information content (AvgIpc) is 2.91. The van der Waals surface area contributed by atoms with E-state index in [4.69, 9.17) is 0 Å². The molecule has 0 aliphatic carbocycles. The van der Waals surface area contributed by atoms with E-state index in [0.717, 1.165) is 18.8 Å². The van der Waals surface area contributed by atoms with Gasteiger partial charge in [0.25, 0.3) is 0 Å². The number of hydrogen-bond donors (Lipinski definition) is 1. The monoisotopic (exact) mass is 294 g/mol. The molecule has 0 fully saturated rings. The van der Waals surface area contributed by atoms with Gasteiger partial charge in [0.2, 0.25) is 0 Å². The molecule has 1 aliphatic heterocycles. The molecule has 1 N–H and O–H groups in total. The second-order valence-electron chi connectivity index (χ2n) is 4.82. The first-order valence-corrected chi connectivity index (χ1v) is 6.91. The Balaban J connectivity index is 2.04. The fourth-order valence-corrected chi connectivity index (χ4v) is 2.61. The quantitative estimate of drug-likeness (QED) is 0.941. The van der Waals surface area contributed by atoms with Crippen LogP contribution in [0.25, 0.3) is 11.4 Å². The number of nitrogens with zero attached hydrogens (tertiary/aromatic N) is 3. The molecule has 0 spiro atoms. The molecular weight excluding hydrogens is 278 g/mol. The minimum Gasteiger partial charge on any atom is -0.434 e. The number of benzene rings is 1. The number of alkyl halides is 2. The van der Waals surface area contributed by atoms with E-state index < -0.39 is 6.61 Å². The standard InChI is InChI=1S/C14H16F2N4O/c1-2-10-13-19-18-12(20(13)8-7-17-10)9-5-3-4-6-11(9)21-14(15)16/h3-6,10,14,17H,2,7-8H2,1H3. The number of para-hydroxylation sites is 1. The Hall–Kier alpha value is -2.02. The first kappa shape index (κ1) is 13.9. The predicted octanol–water partition coefficient (Wildman–Crippen LogP) is 2.60. The summed E-state index contributed by atoms with van der Waals surface area (Å²) in [5.41, 5.74) is 0.535. The summed E-state index contributed by atoms with van der Waals surface area (Å²) < 4.78 is 31.6. The maximum absolute atomic E-state index is 12.5. The van der Waals surface area contributed by atoms with Gasteiger partial charge in [-0.05, 0) is 18.6 Å². The van der Waals surface area contributed by atoms with E-state index in [0.29, 0.717) is 17.9 Å². The van der Waals surface area contributed by atoms with Crippen molar-refractivity contribution in [3.05, 3.63) is 30.1 Å². The Morgan fingerprint density at radius 2 is 2.19 bits per heavy atom. The van der Waals surface area contributed by atoms with Crippen LogP contribution in [0.2, 0.25) is 0 Å². The highest BCUT2D eigenvalue weighted by Crippen LogP contribution is 2.32. The topological polar surface area (TPSA) is 52.0 Å². The zero-order chi connectivity index (χ0) is 14.8. The Labute approximate surface area is 120 Å². The molecule has 0 saturated carbocycles.